The second-order valence-electron chi connectivity index (χ2n) is 1.53. The van der Waals surface area contributed by atoms with E-state index in [1.807, 2.05) is 10.6 Å². The lowest BCUT2D eigenvalue weighted by Gasteiger charge is -1.77. The van der Waals surface area contributed by atoms with Gasteiger partial charge in [-0.1, -0.05) is 0 Å². The van der Waals surface area contributed by atoms with Crippen LogP contribution in [0, 0.1) is 0 Å². The third-order valence-corrected chi connectivity index (χ3v) is 2.53. The summed E-state index contributed by atoms with van der Waals surface area (Å²) in [6.45, 7) is 0. The Kier molecular flexibility index (Phi) is 1.06. The lowest BCUT2D eigenvalue weighted by atomic mass is 10.9. The first kappa shape index (κ1) is 5.37. The molecule has 0 aromatic carbocycles. The van der Waals surface area contributed by atoms with Crippen LogP contribution in [0.2, 0.25) is 0 Å². The third-order valence-electron chi connectivity index (χ3n) is 1.01. The molecule has 0 bridgehead atoms. The van der Waals surface area contributed by atoms with Crippen LogP contribution >= 0.6 is 27.5 Å². The van der Waals surface area contributed by atoms with Crippen molar-refractivity contribution >= 4 is 32.4 Å². The smallest absolute Gasteiger partial charge is 0.213 e. The van der Waals surface area contributed by atoms with Crippen LogP contribution in [0.25, 0.3) is 4.96 Å². The van der Waals surface area contributed by atoms with Gasteiger partial charge < -0.3 is 0 Å². The Hall–Kier alpha value is -0.420. The summed E-state index contributed by atoms with van der Waals surface area (Å²) in [6.07, 6.45) is 3.61. The van der Waals surface area contributed by atoms with Crippen LogP contribution in [0.15, 0.2) is 17.1 Å². The molecule has 0 aliphatic heterocycles. The van der Waals surface area contributed by atoms with Crippen molar-refractivity contribution < 1.29 is 0 Å². The Balaban J connectivity index is 2.99. The Bertz CT molecular complexity index is 325. The second-order valence-corrected chi connectivity index (χ2v) is 2.97. The minimum absolute atomic E-state index is 0.819. The summed E-state index contributed by atoms with van der Waals surface area (Å²) in [5, 5.41) is 0. The van der Waals surface area contributed by atoms with Crippen molar-refractivity contribution in [2.45, 2.75) is 0 Å². The average molecular weight is 204 g/mol. The number of nitrogens with zero attached hydrogens (tertiary/aromatic N) is 3. The van der Waals surface area contributed by atoms with Gasteiger partial charge in [-0.2, -0.15) is 4.37 Å². The van der Waals surface area contributed by atoms with E-state index in [0.717, 1.165) is 9.69 Å². The highest BCUT2D eigenvalue weighted by molar-refractivity contribution is 9.10. The number of hydrogen-bond donors (Lipinski definition) is 0. The highest BCUT2D eigenvalue weighted by Crippen LogP contribution is 2.13. The van der Waals surface area contributed by atoms with E-state index in [9.17, 15) is 0 Å². The fourth-order valence-electron chi connectivity index (χ4n) is 0.620. The summed E-state index contributed by atoms with van der Waals surface area (Å²) in [7, 11) is 0. The number of rotatable bonds is 0. The number of hydrogen-bond acceptors (Lipinski definition) is 3. The highest BCUT2D eigenvalue weighted by Gasteiger charge is 1.99. The van der Waals surface area contributed by atoms with E-state index in [0.29, 0.717) is 0 Å². The van der Waals surface area contributed by atoms with Crippen LogP contribution in [0.4, 0.5) is 0 Å². The maximum absolute atomic E-state index is 4.03. The topological polar surface area (TPSA) is 30.2 Å². The molecule has 0 unspecified atom stereocenters. The lowest BCUT2D eigenvalue weighted by Crippen LogP contribution is -1.74. The van der Waals surface area contributed by atoms with Crippen LogP contribution in [-0.4, -0.2) is 13.8 Å². The minimum Gasteiger partial charge on any atom is -0.268 e. The molecule has 9 heavy (non-hydrogen) atoms. The molecule has 0 fully saturated rings. The summed E-state index contributed by atoms with van der Waals surface area (Å²) in [5.41, 5.74) is 0. The van der Waals surface area contributed by atoms with Crippen LogP contribution in [0.3, 0.4) is 0 Å². The first-order valence-electron chi connectivity index (χ1n) is 2.32. The van der Waals surface area contributed by atoms with E-state index >= 15 is 0 Å². The molecule has 0 spiro atoms. The molecule has 0 saturated carbocycles. The van der Waals surface area contributed by atoms with Crippen molar-refractivity contribution in [3.05, 3.63) is 17.1 Å². The SMILES string of the molecule is Brc1nsc2nccn12. The maximum Gasteiger partial charge on any atom is 0.213 e. The molecular weight excluding hydrogens is 202 g/mol. The minimum atomic E-state index is 0.819. The van der Waals surface area contributed by atoms with Gasteiger partial charge >= 0.3 is 0 Å². The van der Waals surface area contributed by atoms with Gasteiger partial charge in [-0.25, -0.2) is 4.98 Å². The maximum atomic E-state index is 4.03. The lowest BCUT2D eigenvalue weighted by molar-refractivity contribution is 1.12. The van der Waals surface area contributed by atoms with Gasteiger partial charge in [0.25, 0.3) is 0 Å². The summed E-state index contributed by atoms with van der Waals surface area (Å²) in [4.78, 5) is 4.95. The van der Waals surface area contributed by atoms with E-state index in [2.05, 4.69) is 25.3 Å². The van der Waals surface area contributed by atoms with Crippen molar-refractivity contribution in [2.75, 3.05) is 0 Å². The van der Waals surface area contributed by atoms with Gasteiger partial charge in [0.05, 0.1) is 0 Å². The predicted molar refractivity (Wildman–Crippen MR) is 38.6 cm³/mol. The normalized spacial score (nSPS) is 10.8. The molecule has 0 radical (unpaired) electrons. The number of aromatic nitrogens is 3. The van der Waals surface area contributed by atoms with Crippen LogP contribution in [0.1, 0.15) is 0 Å². The van der Waals surface area contributed by atoms with E-state index in [4.69, 9.17) is 0 Å². The van der Waals surface area contributed by atoms with Crippen molar-refractivity contribution in [3.63, 3.8) is 0 Å². The average Bonchev–Trinajstić information content (AvgIpc) is 2.35. The summed E-state index contributed by atoms with van der Waals surface area (Å²) < 4.78 is 6.71. The van der Waals surface area contributed by atoms with Gasteiger partial charge in [0.1, 0.15) is 0 Å². The molecule has 0 amide bonds. The standard InChI is InChI=1S/C4H2BrN3S/c5-3-7-9-4-6-1-2-8(3)4/h1-2H. The van der Waals surface area contributed by atoms with Crippen molar-refractivity contribution in [1.29, 1.82) is 0 Å². The molecular formula is C4H2BrN3S. The molecule has 3 nitrogen and oxygen atoms in total. The van der Waals surface area contributed by atoms with Gasteiger partial charge in [-0.15, -0.1) is 0 Å². The van der Waals surface area contributed by atoms with Gasteiger partial charge in [-0.05, 0) is 15.9 Å². The first-order valence-corrected chi connectivity index (χ1v) is 3.89. The van der Waals surface area contributed by atoms with E-state index < -0.39 is 0 Å². The zero-order valence-electron chi connectivity index (χ0n) is 4.28. The van der Waals surface area contributed by atoms with Crippen molar-refractivity contribution in [2.24, 2.45) is 0 Å². The second kappa shape index (κ2) is 1.78. The predicted octanol–water partition coefficient (Wildman–Crippen LogP) is 1.55. The zero-order chi connectivity index (χ0) is 6.27. The summed E-state index contributed by atoms with van der Waals surface area (Å²) in [5.74, 6) is 0. The Morgan fingerprint density at radius 3 is 3.33 bits per heavy atom. The summed E-state index contributed by atoms with van der Waals surface area (Å²) >= 11 is 4.64. The van der Waals surface area contributed by atoms with Gasteiger partial charge in [-0.3, -0.25) is 4.40 Å². The number of fused-ring (bicyclic) bond motifs is 1. The molecule has 0 saturated heterocycles. The Labute approximate surface area is 63.6 Å². The Morgan fingerprint density at radius 2 is 2.56 bits per heavy atom. The molecule has 0 N–H and O–H groups in total. The van der Waals surface area contributed by atoms with Crippen molar-refractivity contribution in [1.82, 2.24) is 13.8 Å². The largest absolute Gasteiger partial charge is 0.268 e. The molecule has 2 rings (SSSR count). The Morgan fingerprint density at radius 1 is 1.67 bits per heavy atom. The van der Waals surface area contributed by atoms with E-state index in [-0.39, 0.29) is 0 Å². The molecule has 0 aliphatic carbocycles. The molecule has 5 heteroatoms. The third kappa shape index (κ3) is 0.684. The van der Waals surface area contributed by atoms with E-state index in [1.54, 1.807) is 6.20 Å². The molecule has 2 aromatic heterocycles. The molecule has 2 heterocycles. The zero-order valence-corrected chi connectivity index (χ0v) is 6.69. The number of halogens is 1. The van der Waals surface area contributed by atoms with Gasteiger partial charge in [0.15, 0.2) is 4.73 Å². The molecule has 46 valence electrons. The van der Waals surface area contributed by atoms with Crippen LogP contribution in [0.5, 0.6) is 0 Å². The van der Waals surface area contributed by atoms with Crippen LogP contribution in [-0.2, 0) is 0 Å². The summed E-state index contributed by atoms with van der Waals surface area (Å²) in [6, 6.07) is 0. The fraction of sp³-hybridized carbons (Fsp3) is 0. The van der Waals surface area contributed by atoms with Gasteiger partial charge in [0.2, 0.25) is 4.96 Å². The fourth-order valence-corrected chi connectivity index (χ4v) is 1.83. The van der Waals surface area contributed by atoms with Crippen molar-refractivity contribution in [3.8, 4) is 0 Å². The molecule has 2 aromatic rings. The van der Waals surface area contributed by atoms with E-state index in [1.165, 1.54) is 11.5 Å². The first-order chi connectivity index (χ1) is 4.38. The quantitative estimate of drug-likeness (QED) is 0.651. The molecule has 0 atom stereocenters. The monoisotopic (exact) mass is 203 g/mol. The number of imidazole rings is 1. The van der Waals surface area contributed by atoms with Gasteiger partial charge in [0, 0.05) is 23.9 Å². The molecule has 0 aliphatic rings. The highest BCUT2D eigenvalue weighted by atomic mass is 79.9. The van der Waals surface area contributed by atoms with Crippen LogP contribution < -0.4 is 0 Å².